The minimum Gasteiger partial charge on any atom is -0.355 e. The Labute approximate surface area is 160 Å². The molecule has 1 aromatic carbocycles. The van der Waals surface area contributed by atoms with E-state index in [9.17, 15) is 14.0 Å². The number of nitrogens with zero attached hydrogens (tertiary/aromatic N) is 4. The second-order valence-corrected chi connectivity index (χ2v) is 7.28. The van der Waals surface area contributed by atoms with Gasteiger partial charge in [0.25, 0.3) is 5.56 Å². The fourth-order valence-electron chi connectivity index (χ4n) is 2.87. The maximum absolute atomic E-state index is 14.3. The van der Waals surface area contributed by atoms with Crippen LogP contribution in [0.4, 0.5) is 10.3 Å². The van der Waals surface area contributed by atoms with Gasteiger partial charge in [0.1, 0.15) is 5.82 Å². The van der Waals surface area contributed by atoms with E-state index < -0.39 is 17.1 Å². The molecule has 9 heteroatoms. The molecule has 3 aromatic rings. The third kappa shape index (κ3) is 3.37. The second kappa shape index (κ2) is 7.19. The van der Waals surface area contributed by atoms with Gasteiger partial charge in [0.2, 0.25) is 5.95 Å². The quantitative estimate of drug-likeness (QED) is 0.722. The number of nitrogens with one attached hydrogen (secondary N) is 1. The van der Waals surface area contributed by atoms with Gasteiger partial charge in [0.05, 0.1) is 6.54 Å². The predicted molar refractivity (Wildman–Crippen MR) is 104 cm³/mol. The van der Waals surface area contributed by atoms with Crippen LogP contribution in [0.5, 0.6) is 0 Å². The van der Waals surface area contributed by atoms with Gasteiger partial charge in [-0.2, -0.15) is 4.98 Å². The van der Waals surface area contributed by atoms with Crippen molar-refractivity contribution >= 4 is 28.7 Å². The maximum atomic E-state index is 14.3. The summed E-state index contributed by atoms with van der Waals surface area (Å²) in [5, 5.41) is 3.44. The molecule has 0 aliphatic rings. The standard InChI is InChI=1S/C18H21ClFN5O2/c1-10(2)8-21-17-22-15-14(16(26)24(4)18(27)23(15)3)25(17)9-11-12(19)6-5-7-13(11)20/h5-7,10H,8-9H2,1-4H3,(H,21,22). The molecule has 0 saturated carbocycles. The van der Waals surface area contributed by atoms with E-state index in [-0.39, 0.29) is 28.3 Å². The van der Waals surface area contributed by atoms with Crippen molar-refractivity contribution in [2.75, 3.05) is 11.9 Å². The first kappa shape index (κ1) is 19.2. The van der Waals surface area contributed by atoms with Gasteiger partial charge in [0.15, 0.2) is 11.2 Å². The molecule has 0 radical (unpaired) electrons. The molecule has 7 nitrogen and oxygen atoms in total. The third-order valence-corrected chi connectivity index (χ3v) is 4.75. The Bertz CT molecular complexity index is 1110. The number of aryl methyl sites for hydroxylation is 1. The summed E-state index contributed by atoms with van der Waals surface area (Å²) in [5.41, 5.74) is -0.267. The van der Waals surface area contributed by atoms with E-state index in [1.165, 1.54) is 23.7 Å². The molecule has 0 atom stereocenters. The summed E-state index contributed by atoms with van der Waals surface area (Å²) >= 11 is 6.17. The first-order valence-electron chi connectivity index (χ1n) is 8.55. The summed E-state index contributed by atoms with van der Waals surface area (Å²) < 4.78 is 18.2. The first-order valence-corrected chi connectivity index (χ1v) is 8.93. The summed E-state index contributed by atoms with van der Waals surface area (Å²) in [6.45, 7) is 4.67. The van der Waals surface area contributed by atoms with E-state index in [0.29, 0.717) is 18.4 Å². The minimum absolute atomic E-state index is 0.00980. The monoisotopic (exact) mass is 393 g/mol. The number of imidazole rings is 1. The minimum atomic E-state index is -0.495. The van der Waals surface area contributed by atoms with Crippen molar-refractivity contribution in [1.82, 2.24) is 18.7 Å². The molecule has 0 saturated heterocycles. The number of hydrogen-bond donors (Lipinski definition) is 1. The van der Waals surface area contributed by atoms with Crippen LogP contribution in [-0.2, 0) is 20.6 Å². The summed E-state index contributed by atoms with van der Waals surface area (Å²) in [5.74, 6) is 0.235. The van der Waals surface area contributed by atoms with Gasteiger partial charge in [-0.1, -0.05) is 31.5 Å². The largest absolute Gasteiger partial charge is 0.355 e. The van der Waals surface area contributed by atoms with E-state index in [1.54, 1.807) is 17.7 Å². The number of anilines is 1. The van der Waals surface area contributed by atoms with Crippen LogP contribution in [0.2, 0.25) is 5.02 Å². The first-order chi connectivity index (χ1) is 12.7. The van der Waals surface area contributed by atoms with Crippen molar-refractivity contribution in [3.05, 3.63) is 55.4 Å². The van der Waals surface area contributed by atoms with Crippen LogP contribution in [0, 0.1) is 11.7 Å². The van der Waals surface area contributed by atoms with Crippen LogP contribution < -0.4 is 16.6 Å². The Morgan fingerprint density at radius 3 is 2.56 bits per heavy atom. The molecular weight excluding hydrogens is 373 g/mol. The summed E-state index contributed by atoms with van der Waals surface area (Å²) in [4.78, 5) is 29.4. The number of hydrogen-bond acceptors (Lipinski definition) is 4. The number of fused-ring (bicyclic) bond motifs is 1. The number of rotatable bonds is 5. The average molecular weight is 394 g/mol. The zero-order valence-electron chi connectivity index (χ0n) is 15.6. The normalized spacial score (nSPS) is 11.5. The van der Waals surface area contributed by atoms with Crippen molar-refractivity contribution in [1.29, 1.82) is 0 Å². The van der Waals surface area contributed by atoms with E-state index >= 15 is 0 Å². The Kier molecular flexibility index (Phi) is 5.10. The predicted octanol–water partition coefficient (Wildman–Crippen LogP) is 2.34. The van der Waals surface area contributed by atoms with Crippen molar-refractivity contribution in [2.45, 2.75) is 20.4 Å². The van der Waals surface area contributed by atoms with Gasteiger partial charge in [-0.15, -0.1) is 0 Å². The highest BCUT2D eigenvalue weighted by atomic mass is 35.5. The molecule has 0 amide bonds. The second-order valence-electron chi connectivity index (χ2n) is 6.87. The van der Waals surface area contributed by atoms with Crippen molar-refractivity contribution < 1.29 is 4.39 Å². The molecule has 0 aliphatic carbocycles. The molecule has 144 valence electrons. The topological polar surface area (TPSA) is 73.8 Å². The maximum Gasteiger partial charge on any atom is 0.332 e. The van der Waals surface area contributed by atoms with Crippen LogP contribution in [0.15, 0.2) is 27.8 Å². The van der Waals surface area contributed by atoms with Gasteiger partial charge in [-0.3, -0.25) is 18.5 Å². The Hall–Kier alpha value is -2.61. The number of benzene rings is 1. The lowest BCUT2D eigenvalue weighted by atomic mass is 10.2. The van der Waals surface area contributed by atoms with Gasteiger partial charge < -0.3 is 5.32 Å². The average Bonchev–Trinajstić information content (AvgIpc) is 2.98. The Morgan fingerprint density at radius 1 is 1.22 bits per heavy atom. The van der Waals surface area contributed by atoms with E-state index in [2.05, 4.69) is 10.3 Å². The third-order valence-electron chi connectivity index (χ3n) is 4.39. The molecule has 0 bridgehead atoms. The van der Waals surface area contributed by atoms with Crippen LogP contribution in [0.1, 0.15) is 19.4 Å². The van der Waals surface area contributed by atoms with Crippen molar-refractivity contribution in [3.63, 3.8) is 0 Å². The van der Waals surface area contributed by atoms with E-state index in [0.717, 1.165) is 4.57 Å². The molecule has 0 aliphatic heterocycles. The van der Waals surface area contributed by atoms with E-state index in [1.807, 2.05) is 13.8 Å². The molecule has 27 heavy (non-hydrogen) atoms. The summed E-state index contributed by atoms with van der Waals surface area (Å²) in [7, 11) is 2.95. The van der Waals surface area contributed by atoms with Crippen molar-refractivity contribution in [2.24, 2.45) is 20.0 Å². The van der Waals surface area contributed by atoms with E-state index in [4.69, 9.17) is 11.6 Å². The smallest absolute Gasteiger partial charge is 0.332 e. The molecule has 0 spiro atoms. The molecule has 2 heterocycles. The lowest BCUT2D eigenvalue weighted by Crippen LogP contribution is -2.37. The highest BCUT2D eigenvalue weighted by molar-refractivity contribution is 6.31. The number of aromatic nitrogens is 4. The molecule has 3 rings (SSSR count). The van der Waals surface area contributed by atoms with Crippen LogP contribution in [-0.4, -0.2) is 25.2 Å². The molecule has 1 N–H and O–H groups in total. The lowest BCUT2D eigenvalue weighted by molar-refractivity contribution is 0.600. The summed E-state index contributed by atoms with van der Waals surface area (Å²) in [6, 6.07) is 4.43. The van der Waals surface area contributed by atoms with Gasteiger partial charge >= 0.3 is 5.69 Å². The fraction of sp³-hybridized carbons (Fsp3) is 0.389. The number of halogens is 2. The van der Waals surface area contributed by atoms with Crippen LogP contribution in [0.25, 0.3) is 11.2 Å². The lowest BCUT2D eigenvalue weighted by Gasteiger charge is -2.13. The van der Waals surface area contributed by atoms with Gasteiger partial charge in [0, 0.05) is 31.2 Å². The zero-order chi connectivity index (χ0) is 19.9. The van der Waals surface area contributed by atoms with Crippen LogP contribution in [0.3, 0.4) is 0 Å². The Balaban J connectivity index is 2.29. The molecule has 2 aromatic heterocycles. The highest BCUT2D eigenvalue weighted by Gasteiger charge is 2.21. The van der Waals surface area contributed by atoms with Crippen LogP contribution >= 0.6 is 11.6 Å². The fourth-order valence-corrected chi connectivity index (χ4v) is 3.10. The van der Waals surface area contributed by atoms with Crippen molar-refractivity contribution in [3.8, 4) is 0 Å². The van der Waals surface area contributed by atoms with Gasteiger partial charge in [-0.25, -0.2) is 9.18 Å². The SMILES string of the molecule is CC(C)CNc1nc2c(c(=O)n(C)c(=O)n2C)n1Cc1c(F)cccc1Cl. The van der Waals surface area contributed by atoms with Gasteiger partial charge in [-0.05, 0) is 18.1 Å². The molecular formula is C18H21ClFN5O2. The Morgan fingerprint density at radius 2 is 1.93 bits per heavy atom. The summed E-state index contributed by atoms with van der Waals surface area (Å²) in [6.07, 6.45) is 0. The molecule has 0 unspecified atom stereocenters. The highest BCUT2D eigenvalue weighted by Crippen LogP contribution is 2.24. The zero-order valence-corrected chi connectivity index (χ0v) is 16.3. The molecule has 0 fully saturated rings.